The lowest BCUT2D eigenvalue weighted by Gasteiger charge is -2.32. The molecule has 0 saturated carbocycles. The van der Waals surface area contributed by atoms with Crippen LogP contribution in [0.2, 0.25) is 0 Å². The highest BCUT2D eigenvalue weighted by atomic mass is 32.1. The second-order valence-electron chi connectivity index (χ2n) is 14.0. The fraction of sp³-hybridized carbons (Fsp3) is 0.0204. The standard InChI is InChI=1S/C49H29NS2/c1-2-13-30(14-3-1)50(43-23-12-19-36-37-27-28-45-46(48(37)52-47(36)43)38-18-7-11-24-44(38)51-45)31-25-26-35-34-17-6-10-22-41(34)49(42(35)29-31)39-20-8-4-15-32(39)33-16-5-9-21-40(33)49/h1-29H. The molecule has 0 amide bonds. The predicted molar refractivity (Wildman–Crippen MR) is 223 cm³/mol. The smallest absolute Gasteiger partial charge is 0.0726 e. The van der Waals surface area contributed by atoms with Crippen LogP contribution in [-0.2, 0) is 5.41 Å². The molecule has 0 radical (unpaired) electrons. The predicted octanol–water partition coefficient (Wildman–Crippen LogP) is 14.2. The molecule has 10 aromatic rings. The average molecular weight is 696 g/mol. The van der Waals surface area contributed by atoms with Crippen molar-refractivity contribution in [2.45, 2.75) is 5.41 Å². The minimum Gasteiger partial charge on any atom is -0.309 e. The van der Waals surface area contributed by atoms with E-state index in [1.54, 1.807) is 0 Å². The Labute approximate surface area is 309 Å². The second-order valence-corrected chi connectivity index (χ2v) is 16.1. The monoisotopic (exact) mass is 695 g/mol. The molecule has 1 nitrogen and oxygen atoms in total. The zero-order chi connectivity index (χ0) is 34.0. The van der Waals surface area contributed by atoms with E-state index < -0.39 is 5.41 Å². The second kappa shape index (κ2) is 10.5. The molecule has 0 fully saturated rings. The van der Waals surface area contributed by atoms with Crippen molar-refractivity contribution in [2.24, 2.45) is 0 Å². The minimum absolute atomic E-state index is 0.396. The Bertz CT molecular complexity index is 3030. The number of para-hydroxylation sites is 1. The van der Waals surface area contributed by atoms with Gasteiger partial charge in [-0.1, -0.05) is 133 Å². The van der Waals surface area contributed by atoms with Crippen LogP contribution in [0.5, 0.6) is 0 Å². The van der Waals surface area contributed by atoms with E-state index in [0.29, 0.717) is 0 Å². The fourth-order valence-corrected chi connectivity index (χ4v) is 12.0. The van der Waals surface area contributed by atoms with Gasteiger partial charge in [0.2, 0.25) is 0 Å². The van der Waals surface area contributed by atoms with Gasteiger partial charge in [-0.05, 0) is 87.0 Å². The van der Waals surface area contributed by atoms with Gasteiger partial charge in [0.15, 0.2) is 0 Å². The van der Waals surface area contributed by atoms with Gasteiger partial charge in [0.05, 0.1) is 15.8 Å². The molecule has 0 atom stereocenters. The SMILES string of the molecule is c1ccc(N(c2ccc3c(c2)C2(c4ccccc4-c4ccccc42)c2ccccc2-3)c2cccc3c2sc2c3ccc3sc4ccccc4c32)cc1. The van der Waals surface area contributed by atoms with Gasteiger partial charge in [-0.25, -0.2) is 0 Å². The third-order valence-corrected chi connectivity index (χ3v) is 13.9. The summed E-state index contributed by atoms with van der Waals surface area (Å²) in [6.45, 7) is 0. The van der Waals surface area contributed by atoms with Crippen molar-refractivity contribution in [3.63, 3.8) is 0 Å². The van der Waals surface area contributed by atoms with Gasteiger partial charge in [-0.3, -0.25) is 0 Å². The normalized spacial score (nSPS) is 13.5. The van der Waals surface area contributed by atoms with E-state index in [9.17, 15) is 0 Å². The van der Waals surface area contributed by atoms with Crippen LogP contribution in [0.3, 0.4) is 0 Å². The maximum atomic E-state index is 2.50. The largest absolute Gasteiger partial charge is 0.309 e. The molecule has 1 spiro atoms. The van der Waals surface area contributed by atoms with E-state index in [4.69, 9.17) is 0 Å². The molecule has 2 aliphatic carbocycles. The summed E-state index contributed by atoms with van der Waals surface area (Å²) in [5.41, 5.74) is 13.8. The fourth-order valence-electron chi connectivity index (χ4n) is 9.45. The zero-order valence-electron chi connectivity index (χ0n) is 28.0. The van der Waals surface area contributed by atoms with Crippen LogP contribution in [0.25, 0.3) is 62.6 Å². The molecule has 3 heteroatoms. The van der Waals surface area contributed by atoms with E-state index in [1.807, 2.05) is 22.7 Å². The van der Waals surface area contributed by atoms with E-state index in [0.717, 1.165) is 11.4 Å². The number of anilines is 3. The summed E-state index contributed by atoms with van der Waals surface area (Å²) in [7, 11) is 0. The molecule has 242 valence electrons. The van der Waals surface area contributed by atoms with Crippen LogP contribution in [-0.4, -0.2) is 0 Å². The molecule has 0 aliphatic heterocycles. The summed E-state index contributed by atoms with van der Waals surface area (Å²) in [4.78, 5) is 2.49. The maximum absolute atomic E-state index is 2.50. The van der Waals surface area contributed by atoms with Crippen molar-refractivity contribution < 1.29 is 0 Å². The number of thiophene rings is 2. The van der Waals surface area contributed by atoms with Crippen LogP contribution in [0.1, 0.15) is 22.3 Å². The minimum atomic E-state index is -0.396. The molecular weight excluding hydrogens is 667 g/mol. The van der Waals surface area contributed by atoms with Crippen molar-refractivity contribution in [2.75, 3.05) is 4.90 Å². The maximum Gasteiger partial charge on any atom is 0.0726 e. The Morgan fingerprint density at radius 1 is 0.365 bits per heavy atom. The lowest BCUT2D eigenvalue weighted by Crippen LogP contribution is -2.26. The average Bonchev–Trinajstić information content (AvgIpc) is 3.94. The van der Waals surface area contributed by atoms with Crippen molar-refractivity contribution in [3.8, 4) is 22.3 Å². The Morgan fingerprint density at radius 3 is 1.69 bits per heavy atom. The Kier molecular flexibility index (Phi) is 5.80. The zero-order valence-corrected chi connectivity index (χ0v) is 29.6. The third-order valence-electron chi connectivity index (χ3n) is 11.5. The molecule has 0 unspecified atom stereocenters. The van der Waals surface area contributed by atoms with Crippen LogP contribution in [0, 0.1) is 0 Å². The molecule has 52 heavy (non-hydrogen) atoms. The first-order valence-electron chi connectivity index (χ1n) is 17.9. The first kappa shape index (κ1) is 28.7. The number of hydrogen-bond acceptors (Lipinski definition) is 3. The Morgan fingerprint density at radius 2 is 0.962 bits per heavy atom. The number of nitrogens with zero attached hydrogens (tertiary/aromatic N) is 1. The van der Waals surface area contributed by atoms with Gasteiger partial charge < -0.3 is 4.90 Å². The van der Waals surface area contributed by atoms with Crippen LogP contribution in [0.15, 0.2) is 176 Å². The molecule has 8 aromatic carbocycles. The van der Waals surface area contributed by atoms with Crippen molar-refractivity contribution in [3.05, 3.63) is 198 Å². The van der Waals surface area contributed by atoms with E-state index in [-0.39, 0.29) is 0 Å². The summed E-state index contributed by atoms with van der Waals surface area (Å²) in [6.07, 6.45) is 0. The van der Waals surface area contributed by atoms with E-state index >= 15 is 0 Å². The number of rotatable bonds is 3. The van der Waals surface area contributed by atoms with Gasteiger partial charge in [-0.15, -0.1) is 22.7 Å². The summed E-state index contributed by atoms with van der Waals surface area (Å²) >= 11 is 3.83. The highest BCUT2D eigenvalue weighted by molar-refractivity contribution is 7.30. The number of hydrogen-bond donors (Lipinski definition) is 0. The molecule has 0 N–H and O–H groups in total. The summed E-state index contributed by atoms with van der Waals surface area (Å²) < 4.78 is 5.37. The number of fused-ring (bicyclic) bond motifs is 17. The summed E-state index contributed by atoms with van der Waals surface area (Å²) in [6, 6.07) is 65.7. The molecule has 0 saturated heterocycles. The van der Waals surface area contributed by atoms with E-state index in [1.165, 1.54) is 90.5 Å². The summed E-state index contributed by atoms with van der Waals surface area (Å²) in [5.74, 6) is 0. The Hall–Kier alpha value is -6.00. The molecule has 0 bridgehead atoms. The summed E-state index contributed by atoms with van der Waals surface area (Å²) in [5, 5.41) is 5.36. The van der Waals surface area contributed by atoms with E-state index in [2.05, 4.69) is 181 Å². The first-order valence-corrected chi connectivity index (χ1v) is 19.5. The quantitative estimate of drug-likeness (QED) is 0.178. The molecule has 2 aromatic heterocycles. The topological polar surface area (TPSA) is 3.24 Å². The lowest BCUT2D eigenvalue weighted by molar-refractivity contribution is 0.793. The molecular formula is C49H29NS2. The Balaban J connectivity index is 1.15. The van der Waals surface area contributed by atoms with Crippen LogP contribution in [0.4, 0.5) is 17.1 Å². The van der Waals surface area contributed by atoms with Gasteiger partial charge in [0.1, 0.15) is 0 Å². The molecule has 2 aliphatic rings. The van der Waals surface area contributed by atoms with Crippen LogP contribution < -0.4 is 4.90 Å². The first-order chi connectivity index (χ1) is 25.8. The highest BCUT2D eigenvalue weighted by Gasteiger charge is 2.51. The molecule has 12 rings (SSSR count). The van der Waals surface area contributed by atoms with Crippen molar-refractivity contribution >= 4 is 80.1 Å². The molecule has 2 heterocycles. The van der Waals surface area contributed by atoms with Crippen molar-refractivity contribution in [1.82, 2.24) is 0 Å². The lowest BCUT2D eigenvalue weighted by atomic mass is 9.70. The van der Waals surface area contributed by atoms with Gasteiger partial charge >= 0.3 is 0 Å². The van der Waals surface area contributed by atoms with Gasteiger partial charge in [-0.2, -0.15) is 0 Å². The third kappa shape index (κ3) is 3.62. The van der Waals surface area contributed by atoms with Crippen LogP contribution >= 0.6 is 22.7 Å². The highest BCUT2D eigenvalue weighted by Crippen LogP contribution is 2.63. The van der Waals surface area contributed by atoms with Crippen molar-refractivity contribution in [1.29, 1.82) is 0 Å². The van der Waals surface area contributed by atoms with Gasteiger partial charge in [0.25, 0.3) is 0 Å². The number of benzene rings is 8. The van der Waals surface area contributed by atoms with Gasteiger partial charge in [0, 0.05) is 47.0 Å².